The van der Waals surface area contributed by atoms with E-state index in [1.807, 2.05) is 12.1 Å². The summed E-state index contributed by atoms with van der Waals surface area (Å²) in [6.07, 6.45) is 3.77. The monoisotopic (exact) mass is 247 g/mol. The van der Waals surface area contributed by atoms with Gasteiger partial charge in [0.05, 0.1) is 12.2 Å². The largest absolute Gasteiger partial charge is 0.383 e. The maximum Gasteiger partial charge on any atom is 0.128 e. The van der Waals surface area contributed by atoms with E-state index in [1.54, 1.807) is 13.3 Å². The molecule has 0 aliphatic carbocycles. The molecule has 0 aromatic carbocycles. The fourth-order valence-corrected chi connectivity index (χ4v) is 2.03. The lowest BCUT2D eigenvalue weighted by atomic mass is 10.1. The zero-order chi connectivity index (χ0) is 13.4. The lowest BCUT2D eigenvalue weighted by molar-refractivity contribution is 0.202. The van der Waals surface area contributed by atoms with Crippen LogP contribution in [0.5, 0.6) is 0 Å². The lowest BCUT2D eigenvalue weighted by Crippen LogP contribution is -2.37. The van der Waals surface area contributed by atoms with Crippen molar-refractivity contribution in [2.45, 2.75) is 32.7 Å². The molecular formula is C14H21N3O. The number of anilines is 1. The van der Waals surface area contributed by atoms with E-state index in [2.05, 4.69) is 29.8 Å². The molecule has 0 spiro atoms. The van der Waals surface area contributed by atoms with E-state index in [4.69, 9.17) is 10.00 Å². The SMILES string of the molecule is CCC(CC)N(CCOC)c1ccc(C#N)cn1. The summed E-state index contributed by atoms with van der Waals surface area (Å²) in [6, 6.07) is 6.27. The van der Waals surface area contributed by atoms with Gasteiger partial charge in [0, 0.05) is 25.9 Å². The van der Waals surface area contributed by atoms with Crippen molar-refractivity contribution in [2.75, 3.05) is 25.2 Å². The summed E-state index contributed by atoms with van der Waals surface area (Å²) in [5.41, 5.74) is 0.593. The highest BCUT2D eigenvalue weighted by molar-refractivity contribution is 5.42. The van der Waals surface area contributed by atoms with Crippen LogP contribution in [0.3, 0.4) is 0 Å². The summed E-state index contributed by atoms with van der Waals surface area (Å²) in [4.78, 5) is 6.62. The smallest absolute Gasteiger partial charge is 0.128 e. The molecule has 0 aliphatic heterocycles. The number of hydrogen-bond acceptors (Lipinski definition) is 4. The van der Waals surface area contributed by atoms with Crippen LogP contribution in [0.25, 0.3) is 0 Å². The third-order valence-corrected chi connectivity index (χ3v) is 3.09. The topological polar surface area (TPSA) is 49.1 Å². The van der Waals surface area contributed by atoms with Crippen molar-refractivity contribution < 1.29 is 4.74 Å². The molecule has 1 heterocycles. The minimum absolute atomic E-state index is 0.459. The van der Waals surface area contributed by atoms with E-state index < -0.39 is 0 Å². The van der Waals surface area contributed by atoms with Gasteiger partial charge >= 0.3 is 0 Å². The Kier molecular flexibility index (Phi) is 6.16. The minimum atomic E-state index is 0.459. The molecule has 0 N–H and O–H groups in total. The second kappa shape index (κ2) is 7.67. The van der Waals surface area contributed by atoms with Gasteiger partial charge in [0.15, 0.2) is 0 Å². The number of rotatable bonds is 7. The molecule has 0 saturated carbocycles. The average Bonchev–Trinajstić information content (AvgIpc) is 2.43. The molecule has 0 atom stereocenters. The first kappa shape index (κ1) is 14.5. The highest BCUT2D eigenvalue weighted by Gasteiger charge is 2.16. The fourth-order valence-electron chi connectivity index (χ4n) is 2.03. The number of aromatic nitrogens is 1. The molecule has 0 saturated heterocycles. The van der Waals surface area contributed by atoms with E-state index in [1.165, 1.54) is 0 Å². The van der Waals surface area contributed by atoms with Crippen LogP contribution in [-0.4, -0.2) is 31.3 Å². The number of hydrogen-bond donors (Lipinski definition) is 0. The second-order valence-corrected chi connectivity index (χ2v) is 4.17. The molecule has 1 rings (SSSR count). The van der Waals surface area contributed by atoms with Gasteiger partial charge in [0.2, 0.25) is 0 Å². The van der Waals surface area contributed by atoms with Gasteiger partial charge in [-0.15, -0.1) is 0 Å². The molecular weight excluding hydrogens is 226 g/mol. The van der Waals surface area contributed by atoms with Crippen molar-refractivity contribution in [2.24, 2.45) is 0 Å². The maximum absolute atomic E-state index is 8.79. The van der Waals surface area contributed by atoms with Crippen LogP contribution in [0.1, 0.15) is 32.3 Å². The third kappa shape index (κ3) is 3.71. The second-order valence-electron chi connectivity index (χ2n) is 4.17. The molecule has 4 nitrogen and oxygen atoms in total. The quantitative estimate of drug-likeness (QED) is 0.743. The van der Waals surface area contributed by atoms with Crippen LogP contribution < -0.4 is 4.90 Å². The Hall–Kier alpha value is -1.60. The Labute approximate surface area is 109 Å². The highest BCUT2D eigenvalue weighted by atomic mass is 16.5. The van der Waals surface area contributed by atoms with Gasteiger partial charge in [-0.3, -0.25) is 0 Å². The summed E-state index contributed by atoms with van der Waals surface area (Å²) in [5, 5.41) is 8.79. The Morgan fingerprint density at radius 2 is 2.11 bits per heavy atom. The Morgan fingerprint density at radius 3 is 2.56 bits per heavy atom. The Bertz CT molecular complexity index is 379. The Balaban J connectivity index is 2.89. The third-order valence-electron chi connectivity index (χ3n) is 3.09. The van der Waals surface area contributed by atoms with Gasteiger partial charge in [0.1, 0.15) is 11.9 Å². The Morgan fingerprint density at radius 1 is 1.39 bits per heavy atom. The van der Waals surface area contributed by atoms with Gasteiger partial charge in [-0.2, -0.15) is 5.26 Å². The van der Waals surface area contributed by atoms with Gasteiger partial charge < -0.3 is 9.64 Å². The molecule has 0 aliphatic rings. The molecule has 4 heteroatoms. The first-order valence-electron chi connectivity index (χ1n) is 6.38. The van der Waals surface area contributed by atoms with Crippen molar-refractivity contribution in [1.82, 2.24) is 4.98 Å². The van der Waals surface area contributed by atoms with Gasteiger partial charge in [-0.1, -0.05) is 13.8 Å². The predicted molar refractivity (Wildman–Crippen MR) is 72.5 cm³/mol. The van der Waals surface area contributed by atoms with Crippen LogP contribution in [0.4, 0.5) is 5.82 Å². The van der Waals surface area contributed by atoms with Crippen molar-refractivity contribution in [1.29, 1.82) is 5.26 Å². The van der Waals surface area contributed by atoms with E-state index >= 15 is 0 Å². The van der Waals surface area contributed by atoms with E-state index in [0.717, 1.165) is 25.2 Å². The normalized spacial score (nSPS) is 10.4. The number of pyridine rings is 1. The zero-order valence-corrected chi connectivity index (χ0v) is 11.4. The van der Waals surface area contributed by atoms with Crippen LogP contribution >= 0.6 is 0 Å². The molecule has 0 radical (unpaired) electrons. The molecule has 98 valence electrons. The average molecular weight is 247 g/mol. The fraction of sp³-hybridized carbons (Fsp3) is 0.571. The molecule has 18 heavy (non-hydrogen) atoms. The summed E-state index contributed by atoms with van der Waals surface area (Å²) in [7, 11) is 1.71. The summed E-state index contributed by atoms with van der Waals surface area (Å²) in [5.74, 6) is 0.916. The van der Waals surface area contributed by atoms with Crippen LogP contribution in [0.15, 0.2) is 18.3 Å². The van der Waals surface area contributed by atoms with Crippen LogP contribution in [0, 0.1) is 11.3 Å². The van der Waals surface area contributed by atoms with Gasteiger partial charge in [0.25, 0.3) is 0 Å². The van der Waals surface area contributed by atoms with E-state index in [-0.39, 0.29) is 0 Å². The molecule has 0 fully saturated rings. The summed E-state index contributed by atoms with van der Waals surface area (Å²) >= 11 is 0. The van der Waals surface area contributed by atoms with Crippen LogP contribution in [0.2, 0.25) is 0 Å². The molecule has 0 unspecified atom stereocenters. The zero-order valence-electron chi connectivity index (χ0n) is 11.4. The molecule has 1 aromatic rings. The van der Waals surface area contributed by atoms with Crippen molar-refractivity contribution in [3.63, 3.8) is 0 Å². The van der Waals surface area contributed by atoms with Crippen molar-refractivity contribution in [3.8, 4) is 6.07 Å². The molecule has 0 amide bonds. The van der Waals surface area contributed by atoms with Gasteiger partial charge in [-0.25, -0.2) is 4.98 Å². The molecule has 0 bridgehead atoms. The van der Waals surface area contributed by atoms with Crippen molar-refractivity contribution >= 4 is 5.82 Å². The first-order chi connectivity index (χ1) is 8.76. The van der Waals surface area contributed by atoms with E-state index in [0.29, 0.717) is 18.2 Å². The van der Waals surface area contributed by atoms with E-state index in [9.17, 15) is 0 Å². The minimum Gasteiger partial charge on any atom is -0.383 e. The summed E-state index contributed by atoms with van der Waals surface area (Å²) in [6.45, 7) is 5.86. The molecule has 1 aromatic heterocycles. The number of nitrogens with zero attached hydrogens (tertiary/aromatic N) is 3. The lowest BCUT2D eigenvalue weighted by Gasteiger charge is -2.31. The van der Waals surface area contributed by atoms with Gasteiger partial charge in [-0.05, 0) is 25.0 Å². The van der Waals surface area contributed by atoms with Crippen molar-refractivity contribution in [3.05, 3.63) is 23.9 Å². The highest BCUT2D eigenvalue weighted by Crippen LogP contribution is 2.18. The number of methoxy groups -OCH3 is 1. The predicted octanol–water partition coefficient (Wildman–Crippen LogP) is 2.59. The summed E-state index contributed by atoms with van der Waals surface area (Å²) < 4.78 is 5.16. The standard InChI is InChI=1S/C14H21N3O/c1-4-13(5-2)17(8-9-18-3)14-7-6-12(10-15)11-16-14/h6-7,11,13H,4-5,8-9H2,1-3H3. The first-order valence-corrected chi connectivity index (χ1v) is 6.38. The maximum atomic E-state index is 8.79. The number of nitriles is 1. The van der Waals surface area contributed by atoms with Crippen LogP contribution in [-0.2, 0) is 4.74 Å². The number of ether oxygens (including phenoxy) is 1.